The summed E-state index contributed by atoms with van der Waals surface area (Å²) in [6, 6.07) is 13.2. The standard InChI is InChI=1S/C21H22N6O/c1-15-5-10-19(26-25-15)16-6-8-17(9-7-16)20(28)24-18-4-2-13-27(14-18)21-22-11-3-12-23-21/h3,5-12,18H,2,4,13-14H2,1H3,(H,24,28)/t18-/m0/s1. The van der Waals surface area contributed by atoms with E-state index in [2.05, 4.69) is 30.4 Å². The number of carbonyl (C=O) groups excluding carboxylic acids is 1. The van der Waals surface area contributed by atoms with Crippen molar-refractivity contribution in [1.29, 1.82) is 0 Å². The Labute approximate surface area is 163 Å². The number of aromatic nitrogens is 4. The highest BCUT2D eigenvalue weighted by molar-refractivity contribution is 5.94. The fourth-order valence-corrected chi connectivity index (χ4v) is 3.35. The second-order valence-corrected chi connectivity index (χ2v) is 6.94. The van der Waals surface area contributed by atoms with Gasteiger partial charge in [-0.1, -0.05) is 12.1 Å². The fraction of sp³-hybridized carbons (Fsp3) is 0.286. The summed E-state index contributed by atoms with van der Waals surface area (Å²) in [6.45, 7) is 3.52. The summed E-state index contributed by atoms with van der Waals surface area (Å²) in [5.74, 6) is 0.646. The number of anilines is 1. The third-order valence-electron chi connectivity index (χ3n) is 4.83. The number of hydrogen-bond donors (Lipinski definition) is 1. The molecule has 1 fully saturated rings. The number of nitrogens with zero attached hydrogens (tertiary/aromatic N) is 5. The summed E-state index contributed by atoms with van der Waals surface area (Å²) < 4.78 is 0. The Kier molecular flexibility index (Phi) is 5.23. The zero-order valence-corrected chi connectivity index (χ0v) is 15.7. The molecule has 1 N–H and O–H groups in total. The molecule has 0 radical (unpaired) electrons. The van der Waals surface area contributed by atoms with Gasteiger partial charge >= 0.3 is 0 Å². The van der Waals surface area contributed by atoms with Crippen molar-refractivity contribution < 1.29 is 4.79 Å². The molecule has 1 atom stereocenters. The molecule has 3 aromatic rings. The van der Waals surface area contributed by atoms with E-state index in [1.54, 1.807) is 18.5 Å². The summed E-state index contributed by atoms with van der Waals surface area (Å²) >= 11 is 0. The first-order valence-electron chi connectivity index (χ1n) is 9.42. The maximum absolute atomic E-state index is 12.7. The number of rotatable bonds is 4. The van der Waals surface area contributed by atoms with Gasteiger partial charge in [-0.25, -0.2) is 9.97 Å². The van der Waals surface area contributed by atoms with Crippen LogP contribution in [0.15, 0.2) is 54.9 Å². The van der Waals surface area contributed by atoms with Gasteiger partial charge in [0.25, 0.3) is 5.91 Å². The summed E-state index contributed by atoms with van der Waals surface area (Å²) in [5.41, 5.74) is 3.25. The monoisotopic (exact) mass is 374 g/mol. The minimum absolute atomic E-state index is 0.0672. The first kappa shape index (κ1) is 18.0. The van der Waals surface area contributed by atoms with Crippen molar-refractivity contribution in [2.45, 2.75) is 25.8 Å². The van der Waals surface area contributed by atoms with Gasteiger partial charge in [0, 0.05) is 42.7 Å². The topological polar surface area (TPSA) is 83.9 Å². The normalized spacial score (nSPS) is 16.6. The van der Waals surface area contributed by atoms with E-state index < -0.39 is 0 Å². The van der Waals surface area contributed by atoms with Gasteiger partial charge < -0.3 is 10.2 Å². The highest BCUT2D eigenvalue weighted by atomic mass is 16.1. The molecule has 7 heteroatoms. The third-order valence-corrected chi connectivity index (χ3v) is 4.83. The van der Waals surface area contributed by atoms with Crippen LogP contribution in [0.25, 0.3) is 11.3 Å². The van der Waals surface area contributed by atoms with Crippen LogP contribution in [0.2, 0.25) is 0 Å². The fourth-order valence-electron chi connectivity index (χ4n) is 3.35. The molecule has 4 rings (SSSR count). The molecule has 0 unspecified atom stereocenters. The molecular formula is C21H22N6O. The van der Waals surface area contributed by atoms with Crippen LogP contribution in [0, 0.1) is 6.92 Å². The maximum Gasteiger partial charge on any atom is 0.251 e. The number of nitrogens with one attached hydrogen (secondary N) is 1. The first-order valence-corrected chi connectivity index (χ1v) is 9.42. The molecule has 28 heavy (non-hydrogen) atoms. The largest absolute Gasteiger partial charge is 0.348 e. The zero-order chi connectivity index (χ0) is 19.3. The molecule has 0 bridgehead atoms. The lowest BCUT2D eigenvalue weighted by atomic mass is 10.0. The molecule has 1 aliphatic heterocycles. The Morgan fingerprint density at radius 1 is 1.07 bits per heavy atom. The van der Waals surface area contributed by atoms with Gasteiger partial charge in [-0.05, 0) is 50.1 Å². The number of piperidine rings is 1. The van der Waals surface area contributed by atoms with Crippen LogP contribution in [0.5, 0.6) is 0 Å². The van der Waals surface area contributed by atoms with Crippen LogP contribution >= 0.6 is 0 Å². The lowest BCUT2D eigenvalue weighted by Crippen LogP contribution is -2.48. The molecule has 0 aliphatic carbocycles. The molecule has 7 nitrogen and oxygen atoms in total. The molecule has 2 aromatic heterocycles. The van der Waals surface area contributed by atoms with E-state index in [1.807, 2.05) is 43.3 Å². The molecule has 0 spiro atoms. The van der Waals surface area contributed by atoms with Gasteiger partial charge in [-0.3, -0.25) is 4.79 Å². The molecule has 0 saturated carbocycles. The lowest BCUT2D eigenvalue weighted by Gasteiger charge is -2.33. The van der Waals surface area contributed by atoms with Crippen LogP contribution in [0.4, 0.5) is 5.95 Å². The number of amides is 1. The SMILES string of the molecule is Cc1ccc(-c2ccc(C(=O)N[C@H]3CCCN(c4ncccn4)C3)cc2)nn1. The summed E-state index contributed by atoms with van der Waals surface area (Å²) in [6.07, 6.45) is 5.43. The van der Waals surface area contributed by atoms with Crippen molar-refractivity contribution in [2.75, 3.05) is 18.0 Å². The number of aryl methyl sites for hydroxylation is 1. The van der Waals surface area contributed by atoms with Crippen molar-refractivity contribution in [3.8, 4) is 11.3 Å². The number of carbonyl (C=O) groups is 1. The van der Waals surface area contributed by atoms with Gasteiger partial charge in [0.1, 0.15) is 0 Å². The minimum atomic E-state index is -0.0672. The summed E-state index contributed by atoms with van der Waals surface area (Å²) in [5, 5.41) is 11.4. The minimum Gasteiger partial charge on any atom is -0.348 e. The Hall–Kier alpha value is -3.35. The first-order chi connectivity index (χ1) is 13.7. The van der Waals surface area contributed by atoms with E-state index in [9.17, 15) is 4.79 Å². The van der Waals surface area contributed by atoms with Gasteiger partial charge in [0.15, 0.2) is 0 Å². The Morgan fingerprint density at radius 3 is 2.57 bits per heavy atom. The summed E-state index contributed by atoms with van der Waals surface area (Å²) in [7, 11) is 0. The molecule has 1 aromatic carbocycles. The Balaban J connectivity index is 1.40. The van der Waals surface area contributed by atoms with Gasteiger partial charge in [-0.2, -0.15) is 10.2 Å². The lowest BCUT2D eigenvalue weighted by molar-refractivity contribution is 0.0933. The van der Waals surface area contributed by atoms with E-state index in [4.69, 9.17) is 0 Å². The van der Waals surface area contributed by atoms with Crippen molar-refractivity contribution in [1.82, 2.24) is 25.5 Å². The van der Waals surface area contributed by atoms with Crippen LogP contribution in [0.3, 0.4) is 0 Å². The highest BCUT2D eigenvalue weighted by Crippen LogP contribution is 2.18. The molecular weight excluding hydrogens is 352 g/mol. The van der Waals surface area contributed by atoms with Crippen molar-refractivity contribution in [3.63, 3.8) is 0 Å². The quantitative estimate of drug-likeness (QED) is 0.756. The van der Waals surface area contributed by atoms with Crippen LogP contribution < -0.4 is 10.2 Å². The third kappa shape index (κ3) is 4.14. The molecule has 1 saturated heterocycles. The van der Waals surface area contributed by atoms with Crippen molar-refractivity contribution in [2.24, 2.45) is 0 Å². The van der Waals surface area contributed by atoms with Crippen LogP contribution in [-0.2, 0) is 0 Å². The van der Waals surface area contributed by atoms with Crippen molar-refractivity contribution >= 4 is 11.9 Å². The number of hydrogen-bond acceptors (Lipinski definition) is 6. The van der Waals surface area contributed by atoms with Crippen molar-refractivity contribution in [3.05, 3.63) is 66.1 Å². The molecule has 1 aliphatic rings. The van der Waals surface area contributed by atoms with E-state index in [0.717, 1.165) is 36.3 Å². The second kappa shape index (κ2) is 8.12. The maximum atomic E-state index is 12.7. The molecule has 142 valence electrons. The average Bonchev–Trinajstić information content (AvgIpc) is 2.75. The zero-order valence-electron chi connectivity index (χ0n) is 15.7. The second-order valence-electron chi connectivity index (χ2n) is 6.94. The summed E-state index contributed by atoms with van der Waals surface area (Å²) in [4.78, 5) is 23.4. The average molecular weight is 374 g/mol. The van der Waals surface area contributed by atoms with Gasteiger partial charge in [0.05, 0.1) is 11.4 Å². The van der Waals surface area contributed by atoms with E-state index in [0.29, 0.717) is 18.1 Å². The van der Waals surface area contributed by atoms with Gasteiger partial charge in [-0.15, -0.1) is 0 Å². The van der Waals surface area contributed by atoms with Gasteiger partial charge in [0.2, 0.25) is 5.95 Å². The smallest absolute Gasteiger partial charge is 0.251 e. The number of benzene rings is 1. The van der Waals surface area contributed by atoms with Crippen LogP contribution in [-0.4, -0.2) is 45.2 Å². The van der Waals surface area contributed by atoms with E-state index >= 15 is 0 Å². The van der Waals surface area contributed by atoms with E-state index in [1.165, 1.54) is 0 Å². The Bertz CT molecular complexity index is 927. The van der Waals surface area contributed by atoms with Crippen LogP contribution in [0.1, 0.15) is 28.9 Å². The predicted octanol–water partition coefficient (Wildman–Crippen LogP) is 2.64. The van der Waals surface area contributed by atoms with E-state index in [-0.39, 0.29) is 11.9 Å². The molecule has 1 amide bonds. The highest BCUT2D eigenvalue weighted by Gasteiger charge is 2.23. The molecule has 3 heterocycles. The predicted molar refractivity (Wildman–Crippen MR) is 107 cm³/mol. The Morgan fingerprint density at radius 2 is 1.86 bits per heavy atom.